The van der Waals surface area contributed by atoms with E-state index in [1.165, 1.54) is 24.9 Å². The second-order valence-electron chi connectivity index (χ2n) is 11.5. The van der Waals surface area contributed by atoms with Gasteiger partial charge in [0.15, 0.2) is 11.5 Å². The third kappa shape index (κ3) is 3.98. The third-order valence-electron chi connectivity index (χ3n) is 9.18. The molecule has 0 spiro atoms. The van der Waals surface area contributed by atoms with Gasteiger partial charge in [-0.25, -0.2) is 0 Å². The quantitative estimate of drug-likeness (QED) is 0.311. The van der Waals surface area contributed by atoms with E-state index in [4.69, 9.17) is 9.47 Å². The van der Waals surface area contributed by atoms with Crippen molar-refractivity contribution in [1.82, 2.24) is 14.4 Å². The molecule has 3 atom stereocenters. The molecule has 1 unspecified atom stereocenters. The molecule has 1 fully saturated rings. The van der Waals surface area contributed by atoms with Gasteiger partial charge in [0.1, 0.15) is 6.17 Å². The van der Waals surface area contributed by atoms with E-state index in [9.17, 15) is 29.3 Å². The Morgan fingerprint density at radius 3 is 2.52 bits per heavy atom. The Hall–Kier alpha value is -5.20. The zero-order valence-electron chi connectivity index (χ0n) is 24.1. The lowest BCUT2D eigenvalue weighted by Crippen LogP contribution is -2.51. The highest BCUT2D eigenvalue weighted by molar-refractivity contribution is 6.18. The molecule has 226 valence electrons. The third-order valence-corrected chi connectivity index (χ3v) is 9.18. The normalized spacial score (nSPS) is 21.3. The summed E-state index contributed by atoms with van der Waals surface area (Å²) in [6.07, 6.45) is 0.0494. The average molecular weight is 600 g/mol. The van der Waals surface area contributed by atoms with Crippen molar-refractivity contribution in [2.75, 3.05) is 38.8 Å². The van der Waals surface area contributed by atoms with Gasteiger partial charge in [0, 0.05) is 55.8 Å². The highest BCUT2D eigenvalue weighted by Gasteiger charge is 2.50. The minimum Gasteiger partial charge on any atom is -0.493 e. The van der Waals surface area contributed by atoms with Crippen molar-refractivity contribution in [3.8, 4) is 11.5 Å². The van der Waals surface area contributed by atoms with Crippen molar-refractivity contribution >= 4 is 29.1 Å². The number of aromatic nitrogens is 1. The fourth-order valence-corrected chi connectivity index (χ4v) is 7.30. The summed E-state index contributed by atoms with van der Waals surface area (Å²) in [5, 5.41) is 11.3. The van der Waals surface area contributed by atoms with Crippen LogP contribution in [0.2, 0.25) is 0 Å². The molecule has 1 aromatic heterocycles. The van der Waals surface area contributed by atoms with Crippen molar-refractivity contribution in [3.05, 3.63) is 91.4 Å². The van der Waals surface area contributed by atoms with Crippen molar-refractivity contribution in [2.45, 2.75) is 31.5 Å². The minimum absolute atomic E-state index is 0.0225. The van der Waals surface area contributed by atoms with Gasteiger partial charge < -0.3 is 23.8 Å². The summed E-state index contributed by atoms with van der Waals surface area (Å²) in [6, 6.07) is 13.2. The number of benzene rings is 2. The number of anilines is 1. The largest absolute Gasteiger partial charge is 0.493 e. The molecule has 13 nitrogen and oxygen atoms in total. The van der Waals surface area contributed by atoms with E-state index in [-0.39, 0.29) is 48.3 Å². The summed E-state index contributed by atoms with van der Waals surface area (Å²) in [5.41, 5.74) is 1.39. The minimum atomic E-state index is -0.761. The predicted octanol–water partition coefficient (Wildman–Crippen LogP) is 2.92. The van der Waals surface area contributed by atoms with Gasteiger partial charge in [-0.3, -0.25) is 34.2 Å². The zero-order chi connectivity index (χ0) is 30.9. The van der Waals surface area contributed by atoms with Crippen LogP contribution < -0.4 is 19.9 Å². The SMILES string of the molecule is COc1ccc2c(c1OC)C(=O)N1c3ccccc3C(=O)N(CCC(=O)N3C[C@H]4C[C@@H](C3)c3ccc([N+](=O)[O-])c(=O)n3C4)C21. The number of ether oxygens (including phenoxy) is 2. The summed E-state index contributed by atoms with van der Waals surface area (Å²) in [6.45, 7) is 1.16. The lowest BCUT2D eigenvalue weighted by Gasteiger charge is -2.43. The first-order valence-electron chi connectivity index (χ1n) is 14.4. The van der Waals surface area contributed by atoms with Crippen LogP contribution in [-0.2, 0) is 11.3 Å². The van der Waals surface area contributed by atoms with Gasteiger partial charge in [-0.1, -0.05) is 18.2 Å². The average Bonchev–Trinajstić information content (AvgIpc) is 3.32. The van der Waals surface area contributed by atoms with Gasteiger partial charge in [0.25, 0.3) is 11.8 Å². The number of methoxy groups -OCH3 is 2. The highest BCUT2D eigenvalue weighted by Crippen LogP contribution is 2.49. The predicted molar refractivity (Wildman–Crippen MR) is 156 cm³/mol. The molecule has 5 heterocycles. The van der Waals surface area contributed by atoms with E-state index in [1.54, 1.807) is 57.2 Å². The maximum Gasteiger partial charge on any atom is 0.334 e. The number of hydrogen-bond acceptors (Lipinski definition) is 8. The molecular formula is C31H29N5O8. The Labute approximate surface area is 251 Å². The Balaban J connectivity index is 1.16. The number of rotatable bonds is 6. The monoisotopic (exact) mass is 599 g/mol. The van der Waals surface area contributed by atoms with Gasteiger partial charge >= 0.3 is 11.2 Å². The molecular weight excluding hydrogens is 570 g/mol. The molecule has 0 radical (unpaired) electrons. The number of amides is 3. The smallest absolute Gasteiger partial charge is 0.334 e. The van der Waals surface area contributed by atoms with Crippen molar-refractivity contribution in [1.29, 1.82) is 0 Å². The zero-order valence-corrected chi connectivity index (χ0v) is 24.1. The van der Waals surface area contributed by atoms with Crippen LogP contribution in [0.4, 0.5) is 11.4 Å². The second-order valence-corrected chi connectivity index (χ2v) is 11.5. The highest BCUT2D eigenvalue weighted by atomic mass is 16.6. The molecule has 3 aromatic rings. The molecule has 13 heteroatoms. The second kappa shape index (κ2) is 10.2. The Morgan fingerprint density at radius 1 is 0.977 bits per heavy atom. The number of likely N-dealkylation sites (tertiary alicyclic amines) is 1. The van der Waals surface area contributed by atoms with E-state index < -0.39 is 22.3 Å². The summed E-state index contributed by atoms with van der Waals surface area (Å²) in [5.74, 6) is -0.214. The molecule has 2 aromatic carbocycles. The topological polar surface area (TPSA) is 145 Å². The summed E-state index contributed by atoms with van der Waals surface area (Å²) in [4.78, 5) is 69.7. The fraction of sp³-hybridized carbons (Fsp3) is 0.355. The number of para-hydroxylation sites is 1. The first-order valence-corrected chi connectivity index (χ1v) is 14.4. The molecule has 44 heavy (non-hydrogen) atoms. The molecule has 0 aliphatic carbocycles. The molecule has 3 amide bonds. The standard InChI is InChI=1S/C31H29N5O8/c1-43-24-10-7-20-26(27(24)44-2)31(40)35-22-6-4-3-5-19(22)29(38)33(28(20)35)12-11-25(37)32-14-17-13-18(16-32)21-8-9-23(36(41)42)30(39)34(21)15-17/h3-10,17-18,28H,11-16H2,1-2H3/t17-,18+,28?/m1/s1. The Bertz CT molecular complexity index is 1820. The van der Waals surface area contributed by atoms with Crippen LogP contribution in [0.25, 0.3) is 0 Å². The molecule has 1 saturated heterocycles. The molecule has 0 N–H and O–H groups in total. The van der Waals surface area contributed by atoms with Gasteiger partial charge in [-0.15, -0.1) is 0 Å². The van der Waals surface area contributed by atoms with Crippen LogP contribution in [0.1, 0.15) is 56.9 Å². The first kappa shape index (κ1) is 27.6. The maximum atomic E-state index is 13.9. The van der Waals surface area contributed by atoms with Gasteiger partial charge in [0.2, 0.25) is 5.91 Å². The lowest BCUT2D eigenvalue weighted by molar-refractivity contribution is -0.386. The van der Waals surface area contributed by atoms with Gasteiger partial charge in [-0.05, 0) is 36.6 Å². The van der Waals surface area contributed by atoms with Crippen molar-refractivity contribution in [2.24, 2.45) is 5.92 Å². The van der Waals surface area contributed by atoms with E-state index in [0.717, 1.165) is 6.42 Å². The van der Waals surface area contributed by atoms with Crippen LogP contribution in [0.5, 0.6) is 11.5 Å². The fourth-order valence-electron chi connectivity index (χ4n) is 7.30. The van der Waals surface area contributed by atoms with Crippen LogP contribution >= 0.6 is 0 Å². The van der Waals surface area contributed by atoms with Gasteiger partial charge in [-0.2, -0.15) is 0 Å². The number of nitro groups is 1. The maximum absolute atomic E-state index is 13.9. The Kier molecular flexibility index (Phi) is 6.41. The van der Waals surface area contributed by atoms with Crippen LogP contribution in [-0.4, -0.2) is 70.9 Å². The number of nitrogens with zero attached hydrogens (tertiary/aromatic N) is 5. The van der Waals surface area contributed by atoms with E-state index >= 15 is 0 Å². The molecule has 2 bridgehead atoms. The van der Waals surface area contributed by atoms with E-state index in [0.29, 0.717) is 53.5 Å². The van der Waals surface area contributed by atoms with E-state index in [1.807, 2.05) is 0 Å². The lowest BCUT2D eigenvalue weighted by atomic mass is 9.83. The molecule has 4 aliphatic heterocycles. The van der Waals surface area contributed by atoms with Gasteiger partial charge in [0.05, 0.1) is 36.0 Å². The summed E-state index contributed by atoms with van der Waals surface area (Å²) in [7, 11) is 2.95. The Morgan fingerprint density at radius 2 is 1.77 bits per heavy atom. The van der Waals surface area contributed by atoms with Crippen molar-refractivity contribution in [3.63, 3.8) is 0 Å². The number of pyridine rings is 1. The molecule has 4 aliphatic rings. The number of carbonyl (C=O) groups excluding carboxylic acids is 3. The number of fused-ring (bicyclic) bond motifs is 9. The number of hydrogen-bond donors (Lipinski definition) is 0. The molecule has 0 saturated carbocycles. The first-order chi connectivity index (χ1) is 21.2. The summed E-state index contributed by atoms with van der Waals surface area (Å²) < 4.78 is 12.5. The molecule has 7 rings (SSSR count). The number of carbonyl (C=O) groups is 3. The number of piperidine rings is 1. The van der Waals surface area contributed by atoms with Crippen LogP contribution in [0, 0.1) is 16.0 Å². The van der Waals surface area contributed by atoms with Crippen LogP contribution in [0.15, 0.2) is 53.3 Å². The summed E-state index contributed by atoms with van der Waals surface area (Å²) >= 11 is 0. The van der Waals surface area contributed by atoms with Crippen LogP contribution in [0.3, 0.4) is 0 Å². The van der Waals surface area contributed by atoms with E-state index in [2.05, 4.69) is 0 Å². The van der Waals surface area contributed by atoms with Crippen molar-refractivity contribution < 1.29 is 28.8 Å².